The van der Waals surface area contributed by atoms with Gasteiger partial charge in [-0.05, 0) is 43.1 Å². The zero-order chi connectivity index (χ0) is 29.1. The molecule has 5 amide bonds. The van der Waals surface area contributed by atoms with E-state index in [0.29, 0.717) is 31.6 Å². The molecule has 12 nitrogen and oxygen atoms in total. The second-order valence-corrected chi connectivity index (χ2v) is 9.84. The minimum atomic E-state index is -0.949. The lowest BCUT2D eigenvalue weighted by Crippen LogP contribution is -2.56. The Morgan fingerprint density at radius 1 is 0.975 bits per heavy atom. The third-order valence-electron chi connectivity index (χ3n) is 6.61. The third kappa shape index (κ3) is 9.47. The monoisotopic (exact) mass is 551 g/mol. The number of hydrogen-bond donors (Lipinski definition) is 6. The Balaban J connectivity index is 1.64. The molecule has 1 aliphatic heterocycles. The second-order valence-electron chi connectivity index (χ2n) is 9.84. The number of benzene rings is 2. The predicted octanol–water partition coefficient (Wildman–Crippen LogP) is -1.56. The highest BCUT2D eigenvalue weighted by Crippen LogP contribution is 2.07. The number of rotatable bonds is 7. The highest BCUT2D eigenvalue weighted by Gasteiger charge is 2.26. The van der Waals surface area contributed by atoms with Crippen LogP contribution in [-0.2, 0) is 32.0 Å². The Bertz CT molecular complexity index is 1190. The minimum Gasteiger partial charge on any atom is -0.366 e. The van der Waals surface area contributed by atoms with Crippen molar-refractivity contribution in [2.75, 3.05) is 33.2 Å². The molecule has 8 N–H and O–H groups in total. The molecule has 12 heteroatoms. The topological polar surface area (TPSA) is 189 Å². The number of primary amides is 1. The van der Waals surface area contributed by atoms with Crippen LogP contribution in [0.5, 0.6) is 0 Å². The highest BCUT2D eigenvalue weighted by molar-refractivity contribution is 5.94. The molecular formula is C28H37N7O5. The van der Waals surface area contributed by atoms with Crippen LogP contribution in [0.1, 0.15) is 27.9 Å². The number of nitrogens with zero attached hydrogens (tertiary/aromatic N) is 1. The summed E-state index contributed by atoms with van der Waals surface area (Å²) in [5.74, 6) is -2.45. The first-order valence-electron chi connectivity index (χ1n) is 13.1. The van der Waals surface area contributed by atoms with E-state index in [1.54, 1.807) is 24.3 Å². The normalized spacial score (nSPS) is 20.3. The van der Waals surface area contributed by atoms with Crippen LogP contribution in [0.15, 0.2) is 54.6 Å². The maximum absolute atomic E-state index is 13.0. The smallest absolute Gasteiger partial charge is 0.248 e. The molecule has 1 heterocycles. The number of nitrogens with one attached hydrogen (secondary N) is 4. The molecule has 3 atom stereocenters. The van der Waals surface area contributed by atoms with Crippen molar-refractivity contribution in [3.8, 4) is 0 Å². The summed E-state index contributed by atoms with van der Waals surface area (Å²) in [7, 11) is 1.85. The van der Waals surface area contributed by atoms with Crippen molar-refractivity contribution in [2.24, 2.45) is 11.5 Å². The Labute approximate surface area is 233 Å². The zero-order valence-electron chi connectivity index (χ0n) is 22.5. The van der Waals surface area contributed by atoms with Crippen LogP contribution in [0.3, 0.4) is 0 Å². The molecular weight excluding hydrogens is 514 g/mol. The third-order valence-corrected chi connectivity index (χ3v) is 6.61. The number of hydrogen-bond acceptors (Lipinski definition) is 7. The van der Waals surface area contributed by atoms with Crippen molar-refractivity contribution in [1.29, 1.82) is 0 Å². The molecule has 2 unspecified atom stereocenters. The van der Waals surface area contributed by atoms with Crippen LogP contribution in [0.25, 0.3) is 0 Å². The van der Waals surface area contributed by atoms with Crippen molar-refractivity contribution in [2.45, 2.75) is 37.4 Å². The van der Waals surface area contributed by atoms with Crippen LogP contribution in [0.4, 0.5) is 0 Å². The molecule has 1 saturated heterocycles. The molecule has 0 aromatic heterocycles. The molecule has 1 fully saturated rings. The summed E-state index contributed by atoms with van der Waals surface area (Å²) in [5, 5.41) is 10.8. The van der Waals surface area contributed by atoms with Gasteiger partial charge in [-0.25, -0.2) is 0 Å². The van der Waals surface area contributed by atoms with Gasteiger partial charge in [0.15, 0.2) is 0 Å². The van der Waals surface area contributed by atoms with Gasteiger partial charge in [0, 0.05) is 31.6 Å². The fourth-order valence-corrected chi connectivity index (χ4v) is 4.25. The SMILES string of the molecule is CN1CCNC(=O)C(Cc2ccccc2)NC(=O)CNC(=O)[C@H](NC(=O)C(N)Cc2ccc(C(N)=O)cc2)CC1. The van der Waals surface area contributed by atoms with Gasteiger partial charge in [0.2, 0.25) is 29.5 Å². The second kappa shape index (κ2) is 14.8. The Morgan fingerprint density at radius 2 is 1.68 bits per heavy atom. The molecule has 0 saturated carbocycles. The summed E-state index contributed by atoms with van der Waals surface area (Å²) in [5.41, 5.74) is 13.3. The standard InChI is InChI=1S/C28H37N7O5/c1-35-13-11-22(34-26(38)21(29)15-19-7-9-20(10-8-19)25(30)37)27(39)32-17-24(36)33-23(28(40)31-12-14-35)16-18-5-3-2-4-6-18/h2-10,21-23H,11-17,29H2,1H3,(H2,30,37)(H,31,40)(H,32,39)(H,33,36)(H,34,38)/t21?,22-,23?/m1/s1. The maximum atomic E-state index is 13.0. The molecule has 1 aliphatic rings. The molecule has 0 aliphatic carbocycles. The van der Waals surface area contributed by atoms with E-state index >= 15 is 0 Å². The summed E-state index contributed by atoms with van der Waals surface area (Å²) >= 11 is 0. The van der Waals surface area contributed by atoms with Gasteiger partial charge < -0.3 is 37.6 Å². The number of likely N-dealkylation sites (N-methyl/N-ethyl adjacent to an activating group) is 1. The molecule has 0 spiro atoms. The van der Waals surface area contributed by atoms with E-state index in [9.17, 15) is 24.0 Å². The van der Waals surface area contributed by atoms with E-state index in [0.717, 1.165) is 11.1 Å². The van der Waals surface area contributed by atoms with Crippen molar-refractivity contribution in [1.82, 2.24) is 26.2 Å². The summed E-state index contributed by atoms with van der Waals surface area (Å²) in [4.78, 5) is 64.5. The number of amides is 5. The van der Waals surface area contributed by atoms with Gasteiger partial charge in [-0.15, -0.1) is 0 Å². The van der Waals surface area contributed by atoms with E-state index in [2.05, 4.69) is 21.3 Å². The van der Waals surface area contributed by atoms with Gasteiger partial charge in [0.05, 0.1) is 12.6 Å². The van der Waals surface area contributed by atoms with Crippen LogP contribution in [0, 0.1) is 0 Å². The largest absolute Gasteiger partial charge is 0.366 e. The molecule has 0 bridgehead atoms. The van der Waals surface area contributed by atoms with Crippen molar-refractivity contribution in [3.05, 3.63) is 71.3 Å². The van der Waals surface area contributed by atoms with Crippen molar-refractivity contribution < 1.29 is 24.0 Å². The Morgan fingerprint density at radius 3 is 2.35 bits per heavy atom. The molecule has 3 rings (SSSR count). The molecule has 0 radical (unpaired) electrons. The average molecular weight is 552 g/mol. The fraction of sp³-hybridized carbons (Fsp3) is 0.393. The van der Waals surface area contributed by atoms with Gasteiger partial charge >= 0.3 is 0 Å². The molecule has 40 heavy (non-hydrogen) atoms. The summed E-state index contributed by atoms with van der Waals surface area (Å²) < 4.78 is 0. The lowest BCUT2D eigenvalue weighted by atomic mass is 10.0. The summed E-state index contributed by atoms with van der Waals surface area (Å²) in [6.45, 7) is 0.926. The number of nitrogens with two attached hydrogens (primary N) is 2. The van der Waals surface area contributed by atoms with Gasteiger partial charge in [-0.2, -0.15) is 0 Å². The minimum absolute atomic E-state index is 0.185. The quantitative estimate of drug-likeness (QED) is 0.240. The Hall–Kier alpha value is -4.29. The molecule has 2 aromatic rings. The number of carbonyl (C=O) groups excluding carboxylic acids is 5. The summed E-state index contributed by atoms with van der Waals surface area (Å²) in [6, 6.07) is 13.1. The average Bonchev–Trinajstić information content (AvgIpc) is 2.93. The van der Waals surface area contributed by atoms with E-state index in [1.165, 1.54) is 0 Å². The van der Waals surface area contributed by atoms with Gasteiger partial charge in [-0.3, -0.25) is 24.0 Å². The maximum Gasteiger partial charge on any atom is 0.248 e. The first kappa shape index (κ1) is 30.3. The predicted molar refractivity (Wildman–Crippen MR) is 149 cm³/mol. The van der Waals surface area contributed by atoms with E-state index in [4.69, 9.17) is 11.5 Å². The fourth-order valence-electron chi connectivity index (χ4n) is 4.25. The van der Waals surface area contributed by atoms with Crippen LogP contribution in [0.2, 0.25) is 0 Å². The van der Waals surface area contributed by atoms with E-state index < -0.39 is 41.8 Å². The summed E-state index contributed by atoms with van der Waals surface area (Å²) in [6.07, 6.45) is 0.744. The molecule has 2 aromatic carbocycles. The highest BCUT2D eigenvalue weighted by atomic mass is 16.2. The van der Waals surface area contributed by atoms with E-state index in [1.807, 2.05) is 42.3 Å². The van der Waals surface area contributed by atoms with Gasteiger partial charge in [0.1, 0.15) is 12.1 Å². The lowest BCUT2D eigenvalue weighted by molar-refractivity contribution is -0.132. The number of carbonyl (C=O) groups is 5. The first-order chi connectivity index (χ1) is 19.1. The van der Waals surface area contributed by atoms with Crippen molar-refractivity contribution >= 4 is 29.5 Å². The zero-order valence-corrected chi connectivity index (χ0v) is 22.5. The van der Waals surface area contributed by atoms with Crippen LogP contribution < -0.4 is 32.7 Å². The van der Waals surface area contributed by atoms with Gasteiger partial charge in [-0.1, -0.05) is 42.5 Å². The van der Waals surface area contributed by atoms with Gasteiger partial charge in [0.25, 0.3) is 0 Å². The Kier molecular flexibility index (Phi) is 11.2. The van der Waals surface area contributed by atoms with Crippen LogP contribution >= 0.6 is 0 Å². The molecule has 214 valence electrons. The first-order valence-corrected chi connectivity index (χ1v) is 13.1. The lowest BCUT2D eigenvalue weighted by Gasteiger charge is -2.25. The van der Waals surface area contributed by atoms with Crippen molar-refractivity contribution in [3.63, 3.8) is 0 Å². The van der Waals surface area contributed by atoms with Crippen LogP contribution in [-0.4, -0.2) is 85.8 Å². The van der Waals surface area contributed by atoms with E-state index in [-0.39, 0.29) is 25.3 Å².